The maximum absolute atomic E-state index is 12.6. The van der Waals surface area contributed by atoms with Gasteiger partial charge in [-0.3, -0.25) is 9.48 Å². The Morgan fingerprint density at radius 1 is 1.27 bits per heavy atom. The zero-order valence-electron chi connectivity index (χ0n) is 15.0. The number of nitrogens with zero attached hydrogens (tertiary/aromatic N) is 3. The number of fused-ring (bicyclic) bond motifs is 1. The molecule has 1 amide bonds. The molecular formula is C19H22ClN3O3. The predicted molar refractivity (Wildman–Crippen MR) is 98.1 cm³/mol. The zero-order chi connectivity index (χ0) is 18.7. The summed E-state index contributed by atoms with van der Waals surface area (Å²) in [5, 5.41) is 4.98. The molecule has 7 heteroatoms. The van der Waals surface area contributed by atoms with Crippen LogP contribution in [0.4, 0.5) is 0 Å². The number of carbonyl (C=O) groups is 2. The quantitative estimate of drug-likeness (QED) is 0.754. The number of hydrogen-bond acceptors (Lipinski definition) is 4. The Kier molecular flexibility index (Phi) is 5.61. The summed E-state index contributed by atoms with van der Waals surface area (Å²) in [6.45, 7) is 3.10. The highest BCUT2D eigenvalue weighted by Crippen LogP contribution is 2.23. The van der Waals surface area contributed by atoms with Gasteiger partial charge in [0.15, 0.2) is 5.69 Å². The van der Waals surface area contributed by atoms with Crippen molar-refractivity contribution in [2.24, 2.45) is 7.05 Å². The Morgan fingerprint density at radius 3 is 2.69 bits per heavy atom. The predicted octanol–water partition coefficient (Wildman–Crippen LogP) is 2.77. The van der Waals surface area contributed by atoms with Crippen molar-refractivity contribution in [2.45, 2.75) is 32.7 Å². The smallest absolute Gasteiger partial charge is 0.359 e. The number of esters is 1. The average Bonchev–Trinajstić information content (AvgIpc) is 2.97. The van der Waals surface area contributed by atoms with Crippen LogP contribution >= 0.6 is 11.6 Å². The molecule has 0 atom stereocenters. The van der Waals surface area contributed by atoms with Crippen molar-refractivity contribution < 1.29 is 14.3 Å². The van der Waals surface area contributed by atoms with Crippen LogP contribution in [0.15, 0.2) is 24.3 Å². The minimum atomic E-state index is -0.431. The largest absolute Gasteiger partial charge is 0.461 e. The molecule has 1 aromatic carbocycles. The molecule has 0 fully saturated rings. The van der Waals surface area contributed by atoms with Crippen LogP contribution in [0.25, 0.3) is 0 Å². The molecule has 0 saturated heterocycles. The lowest BCUT2D eigenvalue weighted by atomic mass is 10.0. The van der Waals surface area contributed by atoms with E-state index in [1.807, 2.05) is 31.3 Å². The van der Waals surface area contributed by atoms with Gasteiger partial charge in [-0.25, -0.2) is 4.79 Å². The third-order valence-corrected chi connectivity index (χ3v) is 4.86. The van der Waals surface area contributed by atoms with E-state index in [0.29, 0.717) is 49.7 Å². The number of benzene rings is 1. The molecule has 6 nitrogen and oxygen atoms in total. The molecule has 1 aromatic heterocycles. The molecule has 1 aliphatic rings. The minimum absolute atomic E-state index is 0.0734. The fraction of sp³-hybridized carbons (Fsp3) is 0.421. The summed E-state index contributed by atoms with van der Waals surface area (Å²) in [6, 6.07) is 7.53. The number of ether oxygens (including phenoxy) is 1. The van der Waals surface area contributed by atoms with Gasteiger partial charge in [0.1, 0.15) is 0 Å². The fourth-order valence-corrected chi connectivity index (χ4v) is 3.36. The van der Waals surface area contributed by atoms with E-state index in [1.54, 1.807) is 16.5 Å². The van der Waals surface area contributed by atoms with Crippen molar-refractivity contribution in [3.05, 3.63) is 51.8 Å². The lowest BCUT2D eigenvalue weighted by Crippen LogP contribution is -2.36. The first kappa shape index (κ1) is 18.5. The zero-order valence-corrected chi connectivity index (χ0v) is 15.8. The van der Waals surface area contributed by atoms with Crippen LogP contribution in [0.5, 0.6) is 0 Å². The third-order valence-electron chi connectivity index (χ3n) is 4.60. The molecule has 0 N–H and O–H groups in total. The normalized spacial score (nSPS) is 13.4. The Hall–Kier alpha value is -2.34. The van der Waals surface area contributed by atoms with Gasteiger partial charge < -0.3 is 9.64 Å². The summed E-state index contributed by atoms with van der Waals surface area (Å²) in [5.41, 5.74) is 3.19. The summed E-state index contributed by atoms with van der Waals surface area (Å²) in [4.78, 5) is 26.5. The van der Waals surface area contributed by atoms with Gasteiger partial charge in [-0.15, -0.1) is 0 Å². The molecule has 2 aromatic rings. The first-order chi connectivity index (χ1) is 12.5. The number of rotatable bonds is 5. The molecule has 0 aliphatic carbocycles. The summed E-state index contributed by atoms with van der Waals surface area (Å²) in [6.07, 6.45) is 1.77. The second kappa shape index (κ2) is 7.91. The molecule has 1 aliphatic heterocycles. The first-order valence-electron chi connectivity index (χ1n) is 8.73. The van der Waals surface area contributed by atoms with E-state index in [1.165, 1.54) is 0 Å². The van der Waals surface area contributed by atoms with E-state index in [0.717, 1.165) is 16.8 Å². The van der Waals surface area contributed by atoms with Crippen molar-refractivity contribution >= 4 is 23.5 Å². The Bertz CT molecular complexity index is 814. The van der Waals surface area contributed by atoms with Gasteiger partial charge in [0.05, 0.1) is 6.61 Å². The van der Waals surface area contributed by atoms with Gasteiger partial charge in [-0.2, -0.15) is 5.10 Å². The fourth-order valence-electron chi connectivity index (χ4n) is 3.23. The number of amides is 1. The number of halogens is 1. The topological polar surface area (TPSA) is 64.4 Å². The second-order valence-corrected chi connectivity index (χ2v) is 6.75. The summed E-state index contributed by atoms with van der Waals surface area (Å²) in [7, 11) is 1.82. The maximum atomic E-state index is 12.6. The lowest BCUT2D eigenvalue weighted by Gasteiger charge is -2.27. The van der Waals surface area contributed by atoms with Crippen LogP contribution in [-0.4, -0.2) is 39.7 Å². The van der Waals surface area contributed by atoms with Gasteiger partial charge in [0, 0.05) is 49.3 Å². The van der Waals surface area contributed by atoms with Crippen LogP contribution < -0.4 is 0 Å². The van der Waals surface area contributed by atoms with Crippen LogP contribution in [-0.2, 0) is 36.0 Å². The highest BCUT2D eigenvalue weighted by atomic mass is 35.5. The van der Waals surface area contributed by atoms with Gasteiger partial charge in [-0.1, -0.05) is 23.7 Å². The molecule has 26 heavy (non-hydrogen) atoms. The van der Waals surface area contributed by atoms with Crippen molar-refractivity contribution in [3.63, 3.8) is 0 Å². The van der Waals surface area contributed by atoms with Crippen molar-refractivity contribution in [3.8, 4) is 0 Å². The first-order valence-corrected chi connectivity index (χ1v) is 9.11. The summed E-state index contributed by atoms with van der Waals surface area (Å²) < 4.78 is 6.81. The molecule has 0 radical (unpaired) electrons. The average molecular weight is 376 g/mol. The number of aryl methyl sites for hydroxylation is 2. The summed E-state index contributed by atoms with van der Waals surface area (Å²) >= 11 is 5.89. The van der Waals surface area contributed by atoms with Crippen LogP contribution in [0.2, 0.25) is 5.02 Å². The highest BCUT2D eigenvalue weighted by molar-refractivity contribution is 6.30. The van der Waals surface area contributed by atoms with E-state index < -0.39 is 5.97 Å². The number of hydrogen-bond donors (Lipinski definition) is 0. The van der Waals surface area contributed by atoms with Gasteiger partial charge in [-0.05, 0) is 31.0 Å². The van der Waals surface area contributed by atoms with E-state index in [-0.39, 0.29) is 5.91 Å². The minimum Gasteiger partial charge on any atom is -0.461 e. The standard InChI is InChI=1S/C19H22ClN3O3/c1-3-26-19(25)18-15-12-23(11-10-16(15)22(2)21-18)17(24)9-6-13-4-7-14(20)8-5-13/h4-5,7-8H,3,6,9-12H2,1-2H3. The number of carbonyl (C=O) groups excluding carboxylic acids is 2. The Balaban J connectivity index is 1.68. The van der Waals surface area contributed by atoms with E-state index in [9.17, 15) is 9.59 Å². The highest BCUT2D eigenvalue weighted by Gasteiger charge is 2.29. The van der Waals surface area contributed by atoms with Gasteiger partial charge >= 0.3 is 5.97 Å². The van der Waals surface area contributed by atoms with E-state index in [4.69, 9.17) is 16.3 Å². The van der Waals surface area contributed by atoms with Crippen molar-refractivity contribution in [2.75, 3.05) is 13.2 Å². The molecule has 2 heterocycles. The van der Waals surface area contributed by atoms with Crippen LogP contribution in [0, 0.1) is 0 Å². The molecule has 138 valence electrons. The SMILES string of the molecule is CCOC(=O)c1nn(C)c2c1CN(C(=O)CCc1ccc(Cl)cc1)CC2. The summed E-state index contributed by atoms with van der Waals surface area (Å²) in [5.74, 6) is -0.357. The molecular weight excluding hydrogens is 354 g/mol. The van der Waals surface area contributed by atoms with E-state index >= 15 is 0 Å². The molecule has 0 unspecified atom stereocenters. The van der Waals surface area contributed by atoms with Crippen LogP contribution in [0.1, 0.15) is 40.7 Å². The Labute approximate surface area is 157 Å². The monoisotopic (exact) mass is 375 g/mol. The molecule has 0 bridgehead atoms. The Morgan fingerprint density at radius 2 is 2.00 bits per heavy atom. The second-order valence-electron chi connectivity index (χ2n) is 6.31. The van der Waals surface area contributed by atoms with Crippen molar-refractivity contribution in [1.29, 1.82) is 0 Å². The van der Waals surface area contributed by atoms with E-state index in [2.05, 4.69) is 5.10 Å². The van der Waals surface area contributed by atoms with Crippen LogP contribution in [0.3, 0.4) is 0 Å². The third kappa shape index (κ3) is 3.90. The molecule has 3 rings (SSSR count). The van der Waals surface area contributed by atoms with Gasteiger partial charge in [0.25, 0.3) is 0 Å². The van der Waals surface area contributed by atoms with Crippen molar-refractivity contribution in [1.82, 2.24) is 14.7 Å². The molecule has 0 saturated carbocycles. The lowest BCUT2D eigenvalue weighted by molar-refractivity contribution is -0.132. The van der Waals surface area contributed by atoms with Gasteiger partial charge in [0.2, 0.25) is 5.91 Å². The molecule has 0 spiro atoms. The maximum Gasteiger partial charge on any atom is 0.359 e. The number of aromatic nitrogens is 2.